The highest BCUT2D eigenvalue weighted by Crippen LogP contribution is 2.40. The summed E-state index contributed by atoms with van der Waals surface area (Å²) in [6.45, 7) is 2.43. The molecule has 0 amide bonds. The lowest BCUT2D eigenvalue weighted by Crippen LogP contribution is -2.21. The van der Waals surface area contributed by atoms with Crippen LogP contribution in [-0.4, -0.2) is 29.3 Å². The molecule has 1 aliphatic rings. The topological polar surface area (TPSA) is 81.4 Å². The number of halogens is 3. The van der Waals surface area contributed by atoms with Crippen molar-refractivity contribution >= 4 is 12.2 Å². The van der Waals surface area contributed by atoms with Gasteiger partial charge in [0.05, 0.1) is 17.6 Å². The van der Waals surface area contributed by atoms with E-state index in [-0.39, 0.29) is 11.1 Å². The van der Waals surface area contributed by atoms with Gasteiger partial charge in [-0.05, 0) is 55.7 Å². The summed E-state index contributed by atoms with van der Waals surface area (Å²) in [6, 6.07) is 9.08. The van der Waals surface area contributed by atoms with Gasteiger partial charge in [-0.25, -0.2) is 14.6 Å². The molecule has 4 aromatic rings. The number of pyridine rings is 1. The summed E-state index contributed by atoms with van der Waals surface area (Å²) < 4.78 is 44.0. The van der Waals surface area contributed by atoms with E-state index >= 15 is 0 Å². The molecule has 0 radical (unpaired) electrons. The van der Waals surface area contributed by atoms with Crippen molar-refractivity contribution in [3.8, 4) is 5.69 Å². The summed E-state index contributed by atoms with van der Waals surface area (Å²) in [5.74, 6) is 0.405. The molecule has 7 nitrogen and oxygen atoms in total. The maximum Gasteiger partial charge on any atom is 0.416 e. The Kier molecular flexibility index (Phi) is 5.43. The van der Waals surface area contributed by atoms with Crippen LogP contribution in [0.2, 0.25) is 0 Å². The van der Waals surface area contributed by atoms with Gasteiger partial charge in [0.25, 0.3) is 5.56 Å². The molecule has 1 atom stereocenters. The van der Waals surface area contributed by atoms with E-state index in [2.05, 4.69) is 20.1 Å². The first-order valence-electron chi connectivity index (χ1n) is 10.8. The van der Waals surface area contributed by atoms with Crippen LogP contribution in [-0.2, 0) is 12.7 Å². The van der Waals surface area contributed by atoms with Gasteiger partial charge in [-0.2, -0.15) is 18.3 Å². The number of aromatic nitrogens is 6. The smallest absolute Gasteiger partial charge is 0.321 e. The van der Waals surface area contributed by atoms with Gasteiger partial charge in [0.1, 0.15) is 11.5 Å². The third kappa shape index (κ3) is 4.18. The minimum atomic E-state index is -4.44. The number of nitrogens with one attached hydrogen (secondary N) is 1. The van der Waals surface area contributed by atoms with Gasteiger partial charge >= 0.3 is 6.18 Å². The number of hydrogen-bond donors (Lipinski definition) is 1. The molecule has 0 fully saturated rings. The van der Waals surface area contributed by atoms with Crippen molar-refractivity contribution in [3.63, 3.8) is 0 Å². The predicted molar refractivity (Wildman–Crippen MR) is 120 cm³/mol. The van der Waals surface area contributed by atoms with Crippen molar-refractivity contribution in [1.29, 1.82) is 0 Å². The average molecular weight is 466 g/mol. The van der Waals surface area contributed by atoms with E-state index in [0.717, 1.165) is 11.8 Å². The minimum absolute atomic E-state index is 0.216. The van der Waals surface area contributed by atoms with Gasteiger partial charge in [0.2, 0.25) is 0 Å². The molecule has 4 heterocycles. The van der Waals surface area contributed by atoms with Crippen molar-refractivity contribution in [2.45, 2.75) is 38.4 Å². The van der Waals surface area contributed by atoms with E-state index in [1.165, 1.54) is 12.1 Å². The van der Waals surface area contributed by atoms with Crippen molar-refractivity contribution in [1.82, 2.24) is 29.3 Å². The van der Waals surface area contributed by atoms with Crippen LogP contribution in [0.25, 0.3) is 17.8 Å². The summed E-state index contributed by atoms with van der Waals surface area (Å²) in [5.41, 5.74) is 1.10. The molecule has 3 aromatic heterocycles. The number of fused-ring (bicyclic) bond motifs is 1. The number of hydrogen-bond acceptors (Lipinski definition) is 4. The van der Waals surface area contributed by atoms with Gasteiger partial charge in [0, 0.05) is 24.4 Å². The van der Waals surface area contributed by atoms with E-state index in [1.54, 1.807) is 52.1 Å². The zero-order valence-corrected chi connectivity index (χ0v) is 18.3. The summed E-state index contributed by atoms with van der Waals surface area (Å²) in [6.07, 6.45) is 3.48. The Morgan fingerprint density at radius 3 is 2.71 bits per heavy atom. The number of nitrogens with zero attached hydrogens (tertiary/aromatic N) is 5. The number of benzene rings is 1. The molecule has 0 saturated carbocycles. The maximum absolute atomic E-state index is 13.6. The van der Waals surface area contributed by atoms with Crippen molar-refractivity contribution in [2.75, 3.05) is 0 Å². The monoisotopic (exact) mass is 466 g/mol. The lowest BCUT2D eigenvalue weighted by Gasteiger charge is -2.25. The fourth-order valence-electron chi connectivity index (χ4n) is 4.29. The third-order valence-corrected chi connectivity index (χ3v) is 5.85. The Hall–Kier alpha value is -3.95. The van der Waals surface area contributed by atoms with Crippen LogP contribution in [0.1, 0.15) is 52.9 Å². The molecule has 1 aliphatic heterocycles. The molecule has 0 aliphatic carbocycles. The molecule has 1 N–H and O–H groups in total. The third-order valence-electron chi connectivity index (χ3n) is 5.85. The SMILES string of the molecule is Cc1cn(-c2ccc(C=Cc3nc4n(n3)CCC[C@H]4c3ccccc3C(F)(F)F)[nH]c2=O)cn1. The first-order chi connectivity index (χ1) is 16.3. The standard InChI is InChI=1S/C24H21F3N6O/c1-15-13-32(14-28-15)20-10-8-16(29-23(20)34)9-11-21-30-22-18(6-4-12-33(22)31-21)17-5-2-3-7-19(17)24(25,26)27/h2-3,5,7-11,13-14,18H,4,6,12H2,1H3,(H,29,34)/t18-/m0/s1. The molecule has 0 unspecified atom stereocenters. The number of imidazole rings is 1. The maximum atomic E-state index is 13.6. The Balaban J connectivity index is 1.43. The van der Waals surface area contributed by atoms with Crippen molar-refractivity contribution in [3.05, 3.63) is 93.4 Å². The molecule has 0 saturated heterocycles. The largest absolute Gasteiger partial charge is 0.416 e. The Morgan fingerprint density at radius 2 is 1.97 bits per heavy atom. The van der Waals surface area contributed by atoms with Crippen LogP contribution >= 0.6 is 0 Å². The fourth-order valence-corrected chi connectivity index (χ4v) is 4.29. The minimum Gasteiger partial charge on any atom is -0.321 e. The van der Waals surface area contributed by atoms with Crippen LogP contribution in [0, 0.1) is 6.92 Å². The van der Waals surface area contributed by atoms with Crippen LogP contribution < -0.4 is 5.56 Å². The molecule has 174 valence electrons. The number of H-pyrrole nitrogens is 1. The highest BCUT2D eigenvalue weighted by atomic mass is 19.4. The number of aryl methyl sites for hydroxylation is 2. The normalized spacial score (nSPS) is 16.2. The van der Waals surface area contributed by atoms with Crippen LogP contribution in [0.3, 0.4) is 0 Å². The summed E-state index contributed by atoms with van der Waals surface area (Å²) in [7, 11) is 0. The van der Waals surface area contributed by atoms with Crippen LogP contribution in [0.15, 0.2) is 53.7 Å². The van der Waals surface area contributed by atoms with E-state index in [4.69, 9.17) is 0 Å². The molecular formula is C24H21F3N6O. The van der Waals surface area contributed by atoms with Gasteiger partial charge < -0.3 is 9.55 Å². The van der Waals surface area contributed by atoms with Crippen molar-refractivity contribution < 1.29 is 13.2 Å². The lowest BCUT2D eigenvalue weighted by atomic mass is 9.88. The Morgan fingerprint density at radius 1 is 1.15 bits per heavy atom. The number of rotatable bonds is 4. The average Bonchev–Trinajstić information content (AvgIpc) is 3.43. The highest BCUT2D eigenvalue weighted by molar-refractivity contribution is 5.64. The van der Waals surface area contributed by atoms with Gasteiger partial charge in [-0.1, -0.05) is 18.2 Å². The lowest BCUT2D eigenvalue weighted by molar-refractivity contribution is -0.138. The van der Waals surface area contributed by atoms with Gasteiger partial charge in [-0.3, -0.25) is 4.79 Å². The molecular weight excluding hydrogens is 445 g/mol. The van der Waals surface area contributed by atoms with Crippen molar-refractivity contribution in [2.24, 2.45) is 0 Å². The second-order valence-corrected chi connectivity index (χ2v) is 8.21. The Bertz CT molecular complexity index is 1430. The second-order valence-electron chi connectivity index (χ2n) is 8.21. The molecule has 5 rings (SSSR count). The van der Waals surface area contributed by atoms with Crippen LogP contribution in [0.4, 0.5) is 13.2 Å². The molecule has 1 aromatic carbocycles. The fraction of sp³-hybridized carbons (Fsp3) is 0.250. The quantitative estimate of drug-likeness (QED) is 0.478. The Labute approximate surface area is 192 Å². The zero-order valence-electron chi connectivity index (χ0n) is 18.3. The molecule has 34 heavy (non-hydrogen) atoms. The first-order valence-corrected chi connectivity index (χ1v) is 10.8. The highest BCUT2D eigenvalue weighted by Gasteiger charge is 2.37. The number of aromatic amines is 1. The molecule has 0 bridgehead atoms. The van der Waals surface area contributed by atoms with Gasteiger partial charge in [-0.15, -0.1) is 0 Å². The molecule has 0 spiro atoms. The van der Waals surface area contributed by atoms with Crippen LogP contribution in [0.5, 0.6) is 0 Å². The zero-order chi connectivity index (χ0) is 23.9. The second kappa shape index (κ2) is 8.44. The van der Waals surface area contributed by atoms with E-state index in [0.29, 0.717) is 42.4 Å². The summed E-state index contributed by atoms with van der Waals surface area (Å²) in [4.78, 5) is 23.9. The predicted octanol–water partition coefficient (Wildman–Crippen LogP) is 4.58. The first kappa shape index (κ1) is 21.9. The summed E-state index contributed by atoms with van der Waals surface area (Å²) in [5, 5.41) is 4.46. The summed E-state index contributed by atoms with van der Waals surface area (Å²) >= 11 is 0. The van der Waals surface area contributed by atoms with Gasteiger partial charge in [0.15, 0.2) is 5.82 Å². The van der Waals surface area contributed by atoms with E-state index < -0.39 is 17.7 Å². The number of alkyl halides is 3. The van der Waals surface area contributed by atoms with E-state index in [9.17, 15) is 18.0 Å². The van der Waals surface area contributed by atoms with E-state index in [1.807, 2.05) is 6.92 Å². The molecule has 10 heteroatoms.